The first-order valence-electron chi connectivity index (χ1n) is 11.4. The molecule has 0 fully saturated rings. The number of aryl methyl sites for hydroxylation is 1. The SMILES string of the molecule is Cc1nn(-c2ccccc2)c2c1C(c1cccnc1)c1c(ncn3nc(-c4ccc(F)cc4)nc13)O2. The lowest BCUT2D eigenvalue weighted by Gasteiger charge is -2.26. The number of fused-ring (bicyclic) bond motifs is 4. The van der Waals surface area contributed by atoms with Gasteiger partial charge in [-0.2, -0.15) is 5.10 Å². The molecule has 174 valence electrons. The van der Waals surface area contributed by atoms with E-state index in [0.717, 1.165) is 28.1 Å². The maximum Gasteiger partial charge on any atom is 0.230 e. The first kappa shape index (κ1) is 20.5. The fourth-order valence-corrected chi connectivity index (χ4v) is 4.72. The second-order valence-electron chi connectivity index (χ2n) is 8.55. The summed E-state index contributed by atoms with van der Waals surface area (Å²) in [6.45, 7) is 1.97. The number of hydrogen-bond donors (Lipinski definition) is 0. The molecule has 0 bridgehead atoms. The van der Waals surface area contributed by atoms with Crippen molar-refractivity contribution in [3.8, 4) is 28.8 Å². The van der Waals surface area contributed by atoms with Gasteiger partial charge in [0.2, 0.25) is 11.8 Å². The summed E-state index contributed by atoms with van der Waals surface area (Å²) in [5, 5.41) is 9.44. The van der Waals surface area contributed by atoms with Crippen molar-refractivity contribution < 1.29 is 9.13 Å². The van der Waals surface area contributed by atoms with Gasteiger partial charge in [0.15, 0.2) is 11.5 Å². The molecule has 8 nitrogen and oxygen atoms in total. The van der Waals surface area contributed by atoms with Crippen LogP contribution in [0.4, 0.5) is 4.39 Å². The minimum absolute atomic E-state index is 0.281. The molecule has 1 unspecified atom stereocenters. The third-order valence-corrected chi connectivity index (χ3v) is 6.34. The van der Waals surface area contributed by atoms with Gasteiger partial charge in [-0.25, -0.2) is 23.6 Å². The predicted octanol–water partition coefficient (Wildman–Crippen LogP) is 5.11. The van der Waals surface area contributed by atoms with Crippen LogP contribution in [0.5, 0.6) is 11.8 Å². The van der Waals surface area contributed by atoms with Crippen LogP contribution >= 0.6 is 0 Å². The van der Waals surface area contributed by atoms with Gasteiger partial charge in [0, 0.05) is 18.0 Å². The van der Waals surface area contributed by atoms with E-state index >= 15 is 0 Å². The summed E-state index contributed by atoms with van der Waals surface area (Å²) in [5.41, 5.74) is 5.67. The topological polar surface area (TPSA) is 83.0 Å². The molecule has 4 aromatic heterocycles. The van der Waals surface area contributed by atoms with Crippen LogP contribution in [0.25, 0.3) is 22.7 Å². The Morgan fingerprint density at radius 1 is 0.917 bits per heavy atom. The van der Waals surface area contributed by atoms with Crippen molar-refractivity contribution >= 4 is 5.65 Å². The maximum absolute atomic E-state index is 13.5. The van der Waals surface area contributed by atoms with E-state index < -0.39 is 0 Å². The van der Waals surface area contributed by atoms with Gasteiger partial charge in [-0.3, -0.25) is 4.98 Å². The quantitative estimate of drug-likeness (QED) is 0.353. The van der Waals surface area contributed by atoms with Crippen LogP contribution in [0.3, 0.4) is 0 Å². The molecule has 36 heavy (non-hydrogen) atoms. The van der Waals surface area contributed by atoms with Gasteiger partial charge in [0.25, 0.3) is 0 Å². The molecule has 6 aromatic rings. The maximum atomic E-state index is 13.5. The fraction of sp³-hybridized carbons (Fsp3) is 0.0741. The number of ether oxygens (including phenoxy) is 1. The van der Waals surface area contributed by atoms with Gasteiger partial charge in [0.1, 0.15) is 12.1 Å². The molecule has 1 atom stereocenters. The standard InChI is InChI=1S/C27H18FN7O/c1-16-21-22(18-6-5-13-29-14-18)23-25-31-24(17-9-11-19(28)12-10-17)33-34(25)15-30-26(23)36-27(21)35(32-16)20-7-3-2-4-8-20/h2-15,22H,1H3. The normalized spacial score (nSPS) is 14.3. The number of aromatic nitrogens is 7. The first-order valence-corrected chi connectivity index (χ1v) is 11.4. The van der Waals surface area contributed by atoms with Crippen LogP contribution in [-0.2, 0) is 0 Å². The Morgan fingerprint density at radius 3 is 2.53 bits per heavy atom. The molecule has 1 aliphatic rings. The Kier molecular flexibility index (Phi) is 4.44. The van der Waals surface area contributed by atoms with Crippen LogP contribution in [-0.4, -0.2) is 34.3 Å². The highest BCUT2D eigenvalue weighted by atomic mass is 19.1. The summed E-state index contributed by atoms with van der Waals surface area (Å²) < 4.78 is 23.3. The highest BCUT2D eigenvalue weighted by molar-refractivity contribution is 5.68. The van der Waals surface area contributed by atoms with E-state index in [1.807, 2.05) is 55.6 Å². The van der Waals surface area contributed by atoms with Gasteiger partial charge in [-0.15, -0.1) is 5.10 Å². The van der Waals surface area contributed by atoms with E-state index in [2.05, 4.69) is 15.1 Å². The number of hydrogen-bond acceptors (Lipinski definition) is 6. The molecular formula is C27H18FN7O. The lowest BCUT2D eigenvalue weighted by atomic mass is 9.85. The summed E-state index contributed by atoms with van der Waals surface area (Å²) in [7, 11) is 0. The van der Waals surface area contributed by atoms with Crippen LogP contribution in [0, 0.1) is 12.7 Å². The van der Waals surface area contributed by atoms with Gasteiger partial charge in [-0.05, 0) is 55.0 Å². The van der Waals surface area contributed by atoms with Crippen molar-refractivity contribution in [2.24, 2.45) is 0 Å². The summed E-state index contributed by atoms with van der Waals surface area (Å²) in [4.78, 5) is 13.8. The highest BCUT2D eigenvalue weighted by Crippen LogP contribution is 2.49. The second-order valence-corrected chi connectivity index (χ2v) is 8.55. The average molecular weight is 475 g/mol. The molecule has 1 aliphatic heterocycles. The largest absolute Gasteiger partial charge is 0.420 e. The number of halogens is 1. The molecule has 2 aromatic carbocycles. The van der Waals surface area contributed by atoms with Crippen LogP contribution in [0.2, 0.25) is 0 Å². The number of benzene rings is 2. The number of para-hydroxylation sites is 1. The Balaban J connectivity index is 1.48. The molecule has 0 saturated heterocycles. The molecule has 0 amide bonds. The minimum atomic E-state index is -0.315. The van der Waals surface area contributed by atoms with E-state index in [4.69, 9.17) is 14.8 Å². The number of nitrogens with zero attached hydrogens (tertiary/aromatic N) is 7. The van der Waals surface area contributed by atoms with Gasteiger partial charge in [-0.1, -0.05) is 24.3 Å². The number of pyridine rings is 1. The highest BCUT2D eigenvalue weighted by Gasteiger charge is 2.38. The van der Waals surface area contributed by atoms with Gasteiger partial charge < -0.3 is 4.74 Å². The van der Waals surface area contributed by atoms with Gasteiger partial charge in [0.05, 0.1) is 28.4 Å². The van der Waals surface area contributed by atoms with Crippen molar-refractivity contribution in [3.63, 3.8) is 0 Å². The van der Waals surface area contributed by atoms with Crippen LogP contribution in [0.15, 0.2) is 85.5 Å². The summed E-state index contributed by atoms with van der Waals surface area (Å²) in [6, 6.07) is 19.9. The zero-order chi connectivity index (χ0) is 24.2. The smallest absolute Gasteiger partial charge is 0.230 e. The monoisotopic (exact) mass is 475 g/mol. The van der Waals surface area contributed by atoms with Crippen LogP contribution < -0.4 is 4.74 Å². The molecule has 9 heteroatoms. The summed E-state index contributed by atoms with van der Waals surface area (Å²) in [5.74, 6) is 0.910. The Morgan fingerprint density at radius 2 is 1.75 bits per heavy atom. The van der Waals surface area contributed by atoms with Gasteiger partial charge >= 0.3 is 0 Å². The lowest BCUT2D eigenvalue weighted by Crippen LogP contribution is -2.16. The first-order chi connectivity index (χ1) is 17.7. The zero-order valence-electron chi connectivity index (χ0n) is 19.1. The molecule has 0 saturated carbocycles. The predicted molar refractivity (Wildman–Crippen MR) is 130 cm³/mol. The summed E-state index contributed by atoms with van der Waals surface area (Å²) in [6.07, 6.45) is 5.16. The average Bonchev–Trinajstić information content (AvgIpc) is 3.50. The van der Waals surface area contributed by atoms with Crippen molar-refractivity contribution in [2.75, 3.05) is 0 Å². The van der Waals surface area contributed by atoms with E-state index in [1.165, 1.54) is 12.1 Å². The molecular weight excluding hydrogens is 457 g/mol. The fourth-order valence-electron chi connectivity index (χ4n) is 4.72. The molecule has 0 spiro atoms. The Labute approximate surface area is 204 Å². The Bertz CT molecular complexity index is 1730. The second kappa shape index (κ2) is 7.81. The van der Waals surface area contributed by atoms with Crippen LogP contribution in [0.1, 0.15) is 28.3 Å². The molecule has 5 heterocycles. The third-order valence-electron chi connectivity index (χ3n) is 6.34. The van der Waals surface area contributed by atoms with Crippen molar-refractivity contribution in [1.82, 2.24) is 34.3 Å². The molecule has 0 aliphatic carbocycles. The lowest BCUT2D eigenvalue weighted by molar-refractivity contribution is 0.402. The number of rotatable bonds is 3. The molecule has 0 N–H and O–H groups in total. The van der Waals surface area contributed by atoms with Crippen molar-refractivity contribution in [2.45, 2.75) is 12.8 Å². The van der Waals surface area contributed by atoms with Crippen molar-refractivity contribution in [3.05, 3.63) is 114 Å². The summed E-state index contributed by atoms with van der Waals surface area (Å²) >= 11 is 0. The third kappa shape index (κ3) is 3.09. The molecule has 7 rings (SSSR count). The molecule has 0 radical (unpaired) electrons. The zero-order valence-corrected chi connectivity index (χ0v) is 19.1. The van der Waals surface area contributed by atoms with E-state index in [1.54, 1.807) is 33.9 Å². The van der Waals surface area contributed by atoms with Crippen molar-refractivity contribution in [1.29, 1.82) is 0 Å². The van der Waals surface area contributed by atoms with E-state index in [-0.39, 0.29) is 11.7 Å². The Hall–Kier alpha value is -4.92. The minimum Gasteiger partial charge on any atom is -0.420 e. The van der Waals surface area contributed by atoms with E-state index in [9.17, 15) is 4.39 Å². The van der Waals surface area contributed by atoms with E-state index in [0.29, 0.717) is 28.8 Å².